The Morgan fingerprint density at radius 1 is 1.43 bits per heavy atom. The van der Waals surface area contributed by atoms with Gasteiger partial charge < -0.3 is 10.6 Å². The third-order valence-electron chi connectivity index (χ3n) is 4.04. The fourth-order valence-electron chi connectivity index (χ4n) is 2.94. The Balaban J connectivity index is 1.64. The minimum Gasteiger partial charge on any atom is -0.399 e. The van der Waals surface area contributed by atoms with Crippen LogP contribution in [0.5, 0.6) is 0 Å². The average Bonchev–Trinajstić information content (AvgIpc) is 3.02. The van der Waals surface area contributed by atoms with Gasteiger partial charge in [-0.25, -0.2) is 0 Å². The third-order valence-corrected chi connectivity index (χ3v) is 4.04. The second-order valence-corrected chi connectivity index (χ2v) is 5.61. The molecule has 1 saturated heterocycles. The number of piperidine rings is 1. The SMILES string of the molecule is Nc1cccc(CC(=O)N2CCCC(c3ccn[nH]3)C2)c1. The summed E-state index contributed by atoms with van der Waals surface area (Å²) in [5, 5.41) is 7.02. The summed E-state index contributed by atoms with van der Waals surface area (Å²) in [7, 11) is 0. The van der Waals surface area contributed by atoms with Crippen molar-refractivity contribution in [3.63, 3.8) is 0 Å². The maximum absolute atomic E-state index is 12.5. The lowest BCUT2D eigenvalue weighted by Crippen LogP contribution is -2.40. The standard InChI is InChI=1S/C16H20N4O/c17-14-5-1-3-12(9-14)10-16(21)20-8-2-4-13(11-20)15-6-7-18-19-15/h1,3,5-7,9,13H,2,4,8,10-11,17H2,(H,18,19). The van der Waals surface area contributed by atoms with Crippen molar-refractivity contribution in [2.24, 2.45) is 0 Å². The molecule has 1 aromatic carbocycles. The highest BCUT2D eigenvalue weighted by Crippen LogP contribution is 2.25. The van der Waals surface area contributed by atoms with Gasteiger partial charge in [0.2, 0.25) is 5.91 Å². The number of anilines is 1. The number of hydrogen-bond acceptors (Lipinski definition) is 3. The van der Waals surface area contributed by atoms with Crippen molar-refractivity contribution in [2.75, 3.05) is 18.8 Å². The molecular weight excluding hydrogens is 264 g/mol. The molecule has 1 aliphatic heterocycles. The van der Waals surface area contributed by atoms with Crippen molar-refractivity contribution >= 4 is 11.6 Å². The Morgan fingerprint density at radius 3 is 3.10 bits per heavy atom. The van der Waals surface area contributed by atoms with E-state index >= 15 is 0 Å². The maximum Gasteiger partial charge on any atom is 0.227 e. The van der Waals surface area contributed by atoms with Gasteiger partial charge in [-0.05, 0) is 36.6 Å². The summed E-state index contributed by atoms with van der Waals surface area (Å²) in [5.41, 5.74) is 8.56. The highest BCUT2D eigenvalue weighted by molar-refractivity contribution is 5.79. The van der Waals surface area contributed by atoms with Gasteiger partial charge in [0.1, 0.15) is 0 Å². The summed E-state index contributed by atoms with van der Waals surface area (Å²) in [5.74, 6) is 0.538. The average molecular weight is 284 g/mol. The highest BCUT2D eigenvalue weighted by Gasteiger charge is 2.25. The lowest BCUT2D eigenvalue weighted by molar-refractivity contribution is -0.131. The van der Waals surface area contributed by atoms with E-state index in [2.05, 4.69) is 10.2 Å². The first-order valence-corrected chi connectivity index (χ1v) is 7.34. The van der Waals surface area contributed by atoms with Crippen molar-refractivity contribution in [2.45, 2.75) is 25.2 Å². The zero-order chi connectivity index (χ0) is 14.7. The largest absolute Gasteiger partial charge is 0.399 e. The molecule has 0 spiro atoms. The van der Waals surface area contributed by atoms with Crippen LogP contribution >= 0.6 is 0 Å². The van der Waals surface area contributed by atoms with Gasteiger partial charge in [0.25, 0.3) is 0 Å². The quantitative estimate of drug-likeness (QED) is 0.846. The zero-order valence-electron chi connectivity index (χ0n) is 12.0. The predicted octanol–water partition coefficient (Wildman–Crippen LogP) is 1.94. The van der Waals surface area contributed by atoms with Crippen LogP contribution < -0.4 is 5.73 Å². The van der Waals surface area contributed by atoms with Gasteiger partial charge in [0.15, 0.2) is 0 Å². The van der Waals surface area contributed by atoms with Gasteiger partial charge in [-0.2, -0.15) is 5.10 Å². The number of aromatic nitrogens is 2. The molecule has 3 N–H and O–H groups in total. The molecule has 5 heteroatoms. The molecule has 0 bridgehead atoms. The monoisotopic (exact) mass is 284 g/mol. The van der Waals surface area contributed by atoms with Crippen LogP contribution in [0.3, 0.4) is 0 Å². The summed E-state index contributed by atoms with van der Waals surface area (Å²) >= 11 is 0. The number of rotatable bonds is 3. The van der Waals surface area contributed by atoms with Crippen molar-refractivity contribution in [1.29, 1.82) is 0 Å². The predicted molar refractivity (Wildman–Crippen MR) is 81.7 cm³/mol. The number of nitrogen functional groups attached to an aromatic ring is 1. The van der Waals surface area contributed by atoms with E-state index in [9.17, 15) is 4.79 Å². The summed E-state index contributed by atoms with van der Waals surface area (Å²) in [4.78, 5) is 14.4. The van der Waals surface area contributed by atoms with E-state index in [1.165, 1.54) is 0 Å². The number of likely N-dealkylation sites (tertiary alicyclic amines) is 1. The zero-order valence-corrected chi connectivity index (χ0v) is 12.0. The van der Waals surface area contributed by atoms with Crippen LogP contribution in [0.25, 0.3) is 0 Å². The molecule has 0 aliphatic carbocycles. The maximum atomic E-state index is 12.5. The summed E-state index contributed by atoms with van der Waals surface area (Å²) in [6, 6.07) is 9.54. The number of nitrogens with two attached hydrogens (primary N) is 1. The molecule has 21 heavy (non-hydrogen) atoms. The molecule has 1 amide bonds. The van der Waals surface area contributed by atoms with Gasteiger partial charge >= 0.3 is 0 Å². The van der Waals surface area contributed by atoms with Crippen LogP contribution in [0.2, 0.25) is 0 Å². The van der Waals surface area contributed by atoms with Crippen LogP contribution in [0, 0.1) is 0 Å². The van der Waals surface area contributed by atoms with Gasteiger partial charge in [-0.1, -0.05) is 12.1 Å². The van der Waals surface area contributed by atoms with Crippen molar-refractivity contribution in [1.82, 2.24) is 15.1 Å². The number of aromatic amines is 1. The van der Waals surface area contributed by atoms with E-state index in [1.54, 1.807) is 6.20 Å². The molecule has 3 rings (SSSR count). The molecule has 0 radical (unpaired) electrons. The van der Waals surface area contributed by atoms with E-state index in [-0.39, 0.29) is 5.91 Å². The normalized spacial score (nSPS) is 18.7. The van der Waals surface area contributed by atoms with E-state index in [0.29, 0.717) is 18.0 Å². The van der Waals surface area contributed by atoms with Crippen LogP contribution in [0.15, 0.2) is 36.5 Å². The second-order valence-electron chi connectivity index (χ2n) is 5.61. The Morgan fingerprint density at radius 2 is 2.33 bits per heavy atom. The smallest absolute Gasteiger partial charge is 0.227 e. The molecule has 1 unspecified atom stereocenters. The van der Waals surface area contributed by atoms with Crippen LogP contribution in [-0.4, -0.2) is 34.1 Å². The Labute approximate surface area is 124 Å². The molecule has 2 heterocycles. The highest BCUT2D eigenvalue weighted by atomic mass is 16.2. The Bertz CT molecular complexity index is 608. The molecule has 2 aromatic rings. The van der Waals surface area contributed by atoms with E-state index in [4.69, 9.17) is 5.73 Å². The first-order valence-electron chi connectivity index (χ1n) is 7.34. The molecule has 1 atom stereocenters. The minimum absolute atomic E-state index is 0.171. The lowest BCUT2D eigenvalue weighted by Gasteiger charge is -2.32. The van der Waals surface area contributed by atoms with Crippen LogP contribution in [-0.2, 0) is 11.2 Å². The fourth-order valence-corrected chi connectivity index (χ4v) is 2.94. The van der Waals surface area contributed by atoms with Crippen molar-refractivity contribution in [3.8, 4) is 0 Å². The number of nitrogens with one attached hydrogen (secondary N) is 1. The molecule has 1 fully saturated rings. The molecular formula is C16H20N4O. The van der Waals surface area contributed by atoms with E-state index in [1.807, 2.05) is 35.2 Å². The van der Waals surface area contributed by atoms with Crippen molar-refractivity contribution in [3.05, 3.63) is 47.8 Å². The number of nitrogens with zero attached hydrogens (tertiary/aromatic N) is 2. The fraction of sp³-hybridized carbons (Fsp3) is 0.375. The summed E-state index contributed by atoms with van der Waals surface area (Å²) in [6.45, 7) is 1.61. The second kappa shape index (κ2) is 5.99. The minimum atomic E-state index is 0.171. The van der Waals surface area contributed by atoms with Gasteiger partial charge in [0.05, 0.1) is 6.42 Å². The van der Waals surface area contributed by atoms with Gasteiger partial charge in [0, 0.05) is 36.6 Å². The molecule has 1 aliphatic rings. The molecule has 1 aromatic heterocycles. The summed E-state index contributed by atoms with van der Waals surface area (Å²) < 4.78 is 0. The Kier molecular flexibility index (Phi) is 3.90. The van der Waals surface area contributed by atoms with Crippen LogP contribution in [0.1, 0.15) is 30.0 Å². The first kappa shape index (κ1) is 13.7. The van der Waals surface area contributed by atoms with Crippen LogP contribution in [0.4, 0.5) is 5.69 Å². The molecule has 5 nitrogen and oxygen atoms in total. The molecule has 110 valence electrons. The van der Waals surface area contributed by atoms with Gasteiger partial charge in [-0.3, -0.25) is 9.89 Å². The number of hydrogen-bond donors (Lipinski definition) is 2. The number of carbonyl (C=O) groups excluding carboxylic acids is 1. The lowest BCUT2D eigenvalue weighted by atomic mass is 9.94. The van der Waals surface area contributed by atoms with Gasteiger partial charge in [-0.15, -0.1) is 0 Å². The Hall–Kier alpha value is -2.30. The van der Waals surface area contributed by atoms with E-state index in [0.717, 1.165) is 37.2 Å². The summed E-state index contributed by atoms with van der Waals surface area (Å²) in [6.07, 6.45) is 4.32. The number of amides is 1. The number of carbonyl (C=O) groups is 1. The van der Waals surface area contributed by atoms with E-state index < -0.39 is 0 Å². The third kappa shape index (κ3) is 3.24. The molecule has 0 saturated carbocycles. The number of benzene rings is 1. The first-order chi connectivity index (χ1) is 10.2. The topological polar surface area (TPSA) is 75.0 Å². The van der Waals surface area contributed by atoms with Crippen molar-refractivity contribution < 1.29 is 4.79 Å². The number of H-pyrrole nitrogens is 1.